The second-order valence-electron chi connectivity index (χ2n) is 5.66. The summed E-state index contributed by atoms with van der Waals surface area (Å²) in [4.78, 5) is 0. The number of benzene rings is 2. The van der Waals surface area contributed by atoms with Gasteiger partial charge in [-0.2, -0.15) is 14.9 Å². The third-order valence-electron chi connectivity index (χ3n) is 3.65. The molecule has 2 aromatic carbocycles. The quantitative estimate of drug-likeness (QED) is 0.503. The first-order valence-corrected chi connectivity index (χ1v) is 8.68. The monoisotopic (exact) mass is 368 g/mol. The minimum atomic E-state index is 0.435. The van der Waals surface area contributed by atoms with Gasteiger partial charge in [-0.3, -0.25) is 5.10 Å². The van der Waals surface area contributed by atoms with Crippen LogP contribution in [0.3, 0.4) is 0 Å². The van der Waals surface area contributed by atoms with E-state index in [-0.39, 0.29) is 0 Å². The Hall–Kier alpha value is -2.93. The lowest BCUT2D eigenvalue weighted by Gasteiger charge is -2.12. The Morgan fingerprint density at radius 3 is 2.65 bits per heavy atom. The molecule has 1 N–H and O–H groups in total. The van der Waals surface area contributed by atoms with Crippen LogP contribution in [0.15, 0.2) is 53.9 Å². The smallest absolute Gasteiger partial charge is 0.216 e. The third kappa shape index (κ3) is 4.58. The normalized spacial score (nSPS) is 11.0. The molecule has 0 aliphatic rings. The van der Waals surface area contributed by atoms with Crippen LogP contribution in [0.1, 0.15) is 23.6 Å². The highest BCUT2D eigenvalue weighted by molar-refractivity contribution is 7.71. The molecule has 0 unspecified atom stereocenters. The van der Waals surface area contributed by atoms with E-state index in [4.69, 9.17) is 21.7 Å². The second-order valence-corrected chi connectivity index (χ2v) is 6.05. The van der Waals surface area contributed by atoms with Gasteiger partial charge in [0.05, 0.1) is 12.8 Å². The molecule has 0 aliphatic heterocycles. The van der Waals surface area contributed by atoms with Crippen molar-refractivity contribution in [1.82, 2.24) is 14.9 Å². The molecule has 0 atom stereocenters. The van der Waals surface area contributed by atoms with Gasteiger partial charge in [-0.05, 0) is 55.4 Å². The predicted molar refractivity (Wildman–Crippen MR) is 104 cm³/mol. The van der Waals surface area contributed by atoms with E-state index in [1.165, 1.54) is 16.6 Å². The number of nitrogens with zero attached hydrogens (tertiary/aromatic N) is 3. The van der Waals surface area contributed by atoms with Gasteiger partial charge in [0.2, 0.25) is 4.77 Å². The number of ether oxygens (including phenoxy) is 2. The maximum Gasteiger partial charge on any atom is 0.216 e. The molecule has 0 radical (unpaired) electrons. The predicted octanol–water partition coefficient (Wildman–Crippen LogP) is 4.11. The minimum Gasteiger partial charge on any atom is -0.490 e. The van der Waals surface area contributed by atoms with Crippen molar-refractivity contribution in [3.05, 3.63) is 70.3 Å². The Labute approximate surface area is 157 Å². The average Bonchev–Trinajstić information content (AvgIpc) is 3.06. The SMILES string of the molecule is CCOc1cc(/C=N\n2cn[nH]c2=S)ccc1OCc1ccc(C)cc1. The zero-order valence-corrected chi connectivity index (χ0v) is 15.5. The maximum atomic E-state index is 5.93. The van der Waals surface area contributed by atoms with Crippen LogP contribution in [-0.2, 0) is 6.61 Å². The molecule has 134 valence electrons. The number of H-pyrrole nitrogens is 1. The van der Waals surface area contributed by atoms with Crippen molar-refractivity contribution in [2.75, 3.05) is 6.61 Å². The second kappa shape index (κ2) is 8.44. The van der Waals surface area contributed by atoms with Gasteiger partial charge >= 0.3 is 0 Å². The highest BCUT2D eigenvalue weighted by Gasteiger charge is 2.06. The molecule has 0 bridgehead atoms. The fourth-order valence-corrected chi connectivity index (χ4v) is 2.44. The Balaban J connectivity index is 1.75. The number of aromatic nitrogens is 3. The summed E-state index contributed by atoms with van der Waals surface area (Å²) in [5.41, 5.74) is 3.21. The van der Waals surface area contributed by atoms with Gasteiger partial charge in [0.25, 0.3) is 0 Å². The lowest BCUT2D eigenvalue weighted by atomic mass is 10.2. The Morgan fingerprint density at radius 2 is 1.96 bits per heavy atom. The van der Waals surface area contributed by atoms with Crippen molar-refractivity contribution < 1.29 is 9.47 Å². The van der Waals surface area contributed by atoms with Crippen molar-refractivity contribution in [2.45, 2.75) is 20.5 Å². The Morgan fingerprint density at radius 1 is 1.15 bits per heavy atom. The van der Waals surface area contributed by atoms with Crippen LogP contribution in [0, 0.1) is 11.7 Å². The number of aryl methyl sites for hydroxylation is 1. The van der Waals surface area contributed by atoms with Crippen LogP contribution in [-0.4, -0.2) is 27.7 Å². The highest BCUT2D eigenvalue weighted by Crippen LogP contribution is 2.29. The van der Waals surface area contributed by atoms with Crippen molar-refractivity contribution in [1.29, 1.82) is 0 Å². The van der Waals surface area contributed by atoms with E-state index in [0.717, 1.165) is 11.1 Å². The van der Waals surface area contributed by atoms with Crippen molar-refractivity contribution >= 4 is 18.4 Å². The maximum absolute atomic E-state index is 5.93. The van der Waals surface area contributed by atoms with Gasteiger partial charge in [-0.1, -0.05) is 29.8 Å². The zero-order valence-electron chi connectivity index (χ0n) is 14.7. The number of hydrogen-bond donors (Lipinski definition) is 1. The van der Waals surface area contributed by atoms with E-state index in [0.29, 0.717) is 29.5 Å². The van der Waals surface area contributed by atoms with Crippen LogP contribution in [0.5, 0.6) is 11.5 Å². The van der Waals surface area contributed by atoms with Gasteiger partial charge in [-0.15, -0.1) is 0 Å². The summed E-state index contributed by atoms with van der Waals surface area (Å²) < 4.78 is 13.6. The number of hydrogen-bond acceptors (Lipinski definition) is 5. The van der Waals surface area contributed by atoms with E-state index in [1.807, 2.05) is 25.1 Å². The summed E-state index contributed by atoms with van der Waals surface area (Å²) in [6.07, 6.45) is 3.21. The molecule has 1 heterocycles. The van der Waals surface area contributed by atoms with Crippen LogP contribution in [0.4, 0.5) is 0 Å². The first kappa shape index (κ1) is 17.9. The molecule has 0 saturated carbocycles. The van der Waals surface area contributed by atoms with Gasteiger partial charge in [0.15, 0.2) is 11.5 Å². The van der Waals surface area contributed by atoms with Crippen LogP contribution in [0.25, 0.3) is 0 Å². The number of nitrogens with one attached hydrogen (secondary N) is 1. The summed E-state index contributed by atoms with van der Waals surface area (Å²) >= 11 is 5.06. The molecule has 0 spiro atoms. The Kier molecular flexibility index (Phi) is 5.80. The third-order valence-corrected chi connectivity index (χ3v) is 3.93. The molecule has 1 aromatic heterocycles. The first-order valence-electron chi connectivity index (χ1n) is 8.27. The van der Waals surface area contributed by atoms with Gasteiger partial charge in [-0.25, -0.2) is 0 Å². The Bertz CT molecular complexity index is 945. The molecule has 3 aromatic rings. The summed E-state index contributed by atoms with van der Waals surface area (Å²) in [7, 11) is 0. The zero-order chi connectivity index (χ0) is 18.4. The van der Waals surface area contributed by atoms with Gasteiger partial charge in [0, 0.05) is 0 Å². The van der Waals surface area contributed by atoms with E-state index < -0.39 is 0 Å². The average molecular weight is 368 g/mol. The molecular formula is C19H20N4O2S. The molecule has 7 heteroatoms. The van der Waals surface area contributed by atoms with Crippen LogP contribution < -0.4 is 9.47 Å². The number of aromatic amines is 1. The molecule has 0 fully saturated rings. The van der Waals surface area contributed by atoms with Crippen molar-refractivity contribution in [3.8, 4) is 11.5 Å². The molecule has 0 aliphatic carbocycles. The molecule has 6 nitrogen and oxygen atoms in total. The fraction of sp³-hybridized carbons (Fsp3) is 0.211. The van der Waals surface area contributed by atoms with Crippen LogP contribution >= 0.6 is 12.2 Å². The summed E-state index contributed by atoms with van der Waals surface area (Å²) in [5, 5.41) is 10.7. The van der Waals surface area contributed by atoms with E-state index >= 15 is 0 Å². The lowest BCUT2D eigenvalue weighted by molar-refractivity contribution is 0.269. The van der Waals surface area contributed by atoms with E-state index in [2.05, 4.69) is 46.5 Å². The van der Waals surface area contributed by atoms with Crippen LogP contribution in [0.2, 0.25) is 0 Å². The first-order chi connectivity index (χ1) is 12.7. The molecule has 26 heavy (non-hydrogen) atoms. The van der Waals surface area contributed by atoms with E-state index in [1.54, 1.807) is 6.21 Å². The lowest BCUT2D eigenvalue weighted by Crippen LogP contribution is -2.00. The largest absolute Gasteiger partial charge is 0.490 e. The number of rotatable bonds is 7. The summed E-state index contributed by atoms with van der Waals surface area (Å²) in [6.45, 7) is 5.04. The van der Waals surface area contributed by atoms with Gasteiger partial charge in [0.1, 0.15) is 12.9 Å². The molecule has 0 saturated heterocycles. The summed E-state index contributed by atoms with van der Waals surface area (Å²) in [5.74, 6) is 1.38. The molecular weight excluding hydrogens is 348 g/mol. The molecule has 3 rings (SSSR count). The summed E-state index contributed by atoms with van der Waals surface area (Å²) in [6, 6.07) is 14.0. The highest BCUT2D eigenvalue weighted by atomic mass is 32.1. The topological polar surface area (TPSA) is 64.4 Å². The van der Waals surface area contributed by atoms with Crippen molar-refractivity contribution in [3.63, 3.8) is 0 Å². The van der Waals surface area contributed by atoms with Gasteiger partial charge < -0.3 is 9.47 Å². The van der Waals surface area contributed by atoms with Crippen molar-refractivity contribution in [2.24, 2.45) is 5.10 Å². The minimum absolute atomic E-state index is 0.435. The standard InChI is InChI=1S/C19H20N4O2S/c1-3-24-18-10-16(11-21-23-13-20-22-19(23)26)8-9-17(18)25-12-15-6-4-14(2)5-7-15/h4-11,13H,3,12H2,1-2H3,(H,22,26)/b21-11-. The van der Waals surface area contributed by atoms with E-state index in [9.17, 15) is 0 Å². The fourth-order valence-electron chi connectivity index (χ4n) is 2.29. The molecule has 0 amide bonds.